The van der Waals surface area contributed by atoms with Crippen molar-refractivity contribution < 1.29 is 0 Å². The van der Waals surface area contributed by atoms with E-state index in [0.29, 0.717) is 0 Å². The van der Waals surface area contributed by atoms with Crippen molar-refractivity contribution in [3.8, 4) is 0 Å². The molecule has 16 heavy (non-hydrogen) atoms. The van der Waals surface area contributed by atoms with Crippen LogP contribution in [-0.2, 0) is 6.42 Å². The maximum atomic E-state index is 11.6. The van der Waals surface area contributed by atoms with E-state index in [1.54, 1.807) is 0 Å². The van der Waals surface area contributed by atoms with Crippen molar-refractivity contribution in [2.24, 2.45) is 0 Å². The molecule has 0 aliphatic carbocycles. The minimum absolute atomic E-state index is 0.0829. The third-order valence-electron chi connectivity index (χ3n) is 2.77. The molecule has 0 saturated heterocycles. The zero-order valence-corrected chi connectivity index (χ0v) is 10.2. The SMILES string of the molecule is CCCCCCCc1c(C)nc(N)[nH]c1=O. The fraction of sp³-hybridized carbons (Fsp3) is 0.667. The second kappa shape index (κ2) is 6.30. The molecule has 0 aliphatic heterocycles. The summed E-state index contributed by atoms with van der Waals surface area (Å²) in [6, 6.07) is 0. The Hall–Kier alpha value is -1.32. The van der Waals surface area contributed by atoms with Crippen molar-refractivity contribution in [2.45, 2.75) is 52.4 Å². The van der Waals surface area contributed by atoms with Crippen LogP contribution in [0.3, 0.4) is 0 Å². The van der Waals surface area contributed by atoms with Crippen LogP contribution in [0.15, 0.2) is 4.79 Å². The van der Waals surface area contributed by atoms with Gasteiger partial charge < -0.3 is 5.73 Å². The summed E-state index contributed by atoms with van der Waals surface area (Å²) < 4.78 is 0. The van der Waals surface area contributed by atoms with Gasteiger partial charge in [-0.25, -0.2) is 4.98 Å². The van der Waals surface area contributed by atoms with E-state index in [-0.39, 0.29) is 11.5 Å². The number of aromatic nitrogens is 2. The third kappa shape index (κ3) is 3.68. The highest BCUT2D eigenvalue weighted by Gasteiger charge is 2.05. The lowest BCUT2D eigenvalue weighted by Gasteiger charge is -2.04. The Labute approximate surface area is 96.3 Å². The number of aryl methyl sites for hydroxylation is 1. The summed E-state index contributed by atoms with van der Waals surface area (Å²) in [5, 5.41) is 0. The molecule has 90 valence electrons. The zero-order chi connectivity index (χ0) is 12.0. The predicted molar refractivity (Wildman–Crippen MR) is 66.5 cm³/mol. The summed E-state index contributed by atoms with van der Waals surface area (Å²) >= 11 is 0. The summed E-state index contributed by atoms with van der Waals surface area (Å²) in [4.78, 5) is 18.2. The molecule has 0 bridgehead atoms. The predicted octanol–water partition coefficient (Wildman–Crippen LogP) is 2.17. The van der Waals surface area contributed by atoms with Crippen molar-refractivity contribution in [3.05, 3.63) is 21.6 Å². The topological polar surface area (TPSA) is 71.8 Å². The van der Waals surface area contributed by atoms with Crippen molar-refractivity contribution in [1.29, 1.82) is 0 Å². The van der Waals surface area contributed by atoms with Gasteiger partial charge in [0.2, 0.25) is 5.95 Å². The van der Waals surface area contributed by atoms with Gasteiger partial charge in [0.15, 0.2) is 0 Å². The number of nitrogens with two attached hydrogens (primary N) is 1. The number of aromatic amines is 1. The average molecular weight is 223 g/mol. The first-order valence-corrected chi connectivity index (χ1v) is 6.00. The van der Waals surface area contributed by atoms with Crippen LogP contribution in [0.4, 0.5) is 5.95 Å². The van der Waals surface area contributed by atoms with Crippen molar-refractivity contribution in [3.63, 3.8) is 0 Å². The van der Waals surface area contributed by atoms with Gasteiger partial charge in [0.25, 0.3) is 5.56 Å². The second-order valence-electron chi connectivity index (χ2n) is 4.18. The highest BCUT2D eigenvalue weighted by molar-refractivity contribution is 5.24. The summed E-state index contributed by atoms with van der Waals surface area (Å²) in [5.74, 6) is 0.206. The molecule has 4 nitrogen and oxygen atoms in total. The Kier molecular flexibility index (Phi) is 5.02. The summed E-state index contributed by atoms with van der Waals surface area (Å²) in [6.45, 7) is 4.03. The standard InChI is InChI=1S/C12H21N3O/c1-3-4-5-6-7-8-10-9(2)14-12(13)15-11(10)16/h3-8H2,1-2H3,(H3,13,14,15,16). The largest absolute Gasteiger partial charge is 0.369 e. The van der Waals surface area contributed by atoms with Crippen molar-refractivity contribution in [2.75, 3.05) is 5.73 Å². The van der Waals surface area contributed by atoms with Gasteiger partial charge in [0.05, 0.1) is 0 Å². The number of nitrogens with one attached hydrogen (secondary N) is 1. The van der Waals surface area contributed by atoms with Crippen LogP contribution in [0.1, 0.15) is 50.3 Å². The Bertz CT molecular complexity index is 384. The maximum absolute atomic E-state index is 11.6. The molecule has 1 aromatic rings. The van der Waals surface area contributed by atoms with E-state index in [1.807, 2.05) is 6.92 Å². The number of nitrogens with zero attached hydrogens (tertiary/aromatic N) is 1. The Morgan fingerprint density at radius 1 is 1.25 bits per heavy atom. The number of anilines is 1. The van der Waals surface area contributed by atoms with Crippen LogP contribution in [0.25, 0.3) is 0 Å². The number of rotatable bonds is 6. The molecule has 0 atom stereocenters. The normalized spacial score (nSPS) is 10.6. The second-order valence-corrected chi connectivity index (χ2v) is 4.18. The molecule has 0 aliphatic rings. The molecule has 0 unspecified atom stereocenters. The highest BCUT2D eigenvalue weighted by Crippen LogP contribution is 2.08. The minimum Gasteiger partial charge on any atom is -0.369 e. The first-order chi connectivity index (χ1) is 7.65. The molecule has 0 spiro atoms. The van der Waals surface area contributed by atoms with Gasteiger partial charge in [-0.2, -0.15) is 0 Å². The van der Waals surface area contributed by atoms with Crippen LogP contribution in [0.2, 0.25) is 0 Å². The van der Waals surface area contributed by atoms with Gasteiger partial charge in [-0.3, -0.25) is 9.78 Å². The lowest BCUT2D eigenvalue weighted by Crippen LogP contribution is -2.18. The summed E-state index contributed by atoms with van der Waals surface area (Å²) in [6.07, 6.45) is 6.79. The molecular formula is C12H21N3O. The molecule has 4 heteroatoms. The van der Waals surface area contributed by atoms with Crippen LogP contribution in [0, 0.1) is 6.92 Å². The quantitative estimate of drug-likeness (QED) is 0.726. The number of unbranched alkanes of at least 4 members (excludes halogenated alkanes) is 4. The Balaban J connectivity index is 2.51. The molecular weight excluding hydrogens is 202 g/mol. The lowest BCUT2D eigenvalue weighted by molar-refractivity contribution is 0.628. The Morgan fingerprint density at radius 2 is 1.94 bits per heavy atom. The lowest BCUT2D eigenvalue weighted by atomic mass is 10.1. The fourth-order valence-electron chi connectivity index (χ4n) is 1.83. The van der Waals surface area contributed by atoms with Gasteiger partial charge >= 0.3 is 0 Å². The highest BCUT2D eigenvalue weighted by atomic mass is 16.1. The smallest absolute Gasteiger partial charge is 0.255 e. The molecule has 3 N–H and O–H groups in total. The molecule has 0 amide bonds. The van der Waals surface area contributed by atoms with Crippen molar-refractivity contribution >= 4 is 5.95 Å². The fourth-order valence-corrected chi connectivity index (χ4v) is 1.83. The summed E-state index contributed by atoms with van der Waals surface area (Å²) in [7, 11) is 0. The minimum atomic E-state index is -0.0829. The van der Waals surface area contributed by atoms with Crippen LogP contribution < -0.4 is 11.3 Å². The van der Waals surface area contributed by atoms with Gasteiger partial charge in [-0.15, -0.1) is 0 Å². The molecule has 1 rings (SSSR count). The molecule has 1 aromatic heterocycles. The Morgan fingerprint density at radius 3 is 2.56 bits per heavy atom. The molecule has 0 fully saturated rings. The van der Waals surface area contributed by atoms with E-state index in [2.05, 4.69) is 16.9 Å². The van der Waals surface area contributed by atoms with E-state index in [9.17, 15) is 4.79 Å². The van der Waals surface area contributed by atoms with Crippen LogP contribution in [0.5, 0.6) is 0 Å². The van der Waals surface area contributed by atoms with E-state index in [4.69, 9.17) is 5.73 Å². The maximum Gasteiger partial charge on any atom is 0.255 e. The van der Waals surface area contributed by atoms with Gasteiger partial charge in [0, 0.05) is 11.3 Å². The van der Waals surface area contributed by atoms with E-state index < -0.39 is 0 Å². The molecule has 0 aromatic carbocycles. The number of hydrogen-bond donors (Lipinski definition) is 2. The number of nitrogen functional groups attached to an aromatic ring is 1. The number of hydrogen-bond acceptors (Lipinski definition) is 3. The molecule has 0 radical (unpaired) electrons. The number of H-pyrrole nitrogens is 1. The first kappa shape index (κ1) is 12.7. The van der Waals surface area contributed by atoms with Crippen LogP contribution in [-0.4, -0.2) is 9.97 Å². The zero-order valence-electron chi connectivity index (χ0n) is 10.2. The summed E-state index contributed by atoms with van der Waals surface area (Å²) in [5.41, 5.74) is 6.92. The molecule has 0 saturated carbocycles. The van der Waals surface area contributed by atoms with E-state index >= 15 is 0 Å². The van der Waals surface area contributed by atoms with Gasteiger partial charge in [-0.1, -0.05) is 32.6 Å². The van der Waals surface area contributed by atoms with Gasteiger partial charge in [-0.05, 0) is 19.8 Å². The monoisotopic (exact) mass is 223 g/mol. The first-order valence-electron chi connectivity index (χ1n) is 6.00. The van der Waals surface area contributed by atoms with Gasteiger partial charge in [0.1, 0.15) is 0 Å². The average Bonchev–Trinajstić information content (AvgIpc) is 2.20. The third-order valence-corrected chi connectivity index (χ3v) is 2.77. The van der Waals surface area contributed by atoms with Crippen molar-refractivity contribution in [1.82, 2.24) is 9.97 Å². The van der Waals surface area contributed by atoms with Crippen LogP contribution >= 0.6 is 0 Å². The van der Waals surface area contributed by atoms with E-state index in [0.717, 1.165) is 24.1 Å². The van der Waals surface area contributed by atoms with E-state index in [1.165, 1.54) is 25.7 Å². The molecule has 1 heterocycles.